The third kappa shape index (κ3) is 2.11. The van der Waals surface area contributed by atoms with Gasteiger partial charge >= 0.3 is 7.12 Å². The maximum atomic E-state index is 13.9. The molecule has 1 aromatic carbocycles. The molecule has 0 saturated carbocycles. The van der Waals surface area contributed by atoms with E-state index in [1.807, 2.05) is 27.7 Å². The zero-order valence-corrected chi connectivity index (χ0v) is 11.5. The minimum atomic E-state index is -0.938. The molecule has 0 bridgehead atoms. The molecule has 1 aromatic rings. The summed E-state index contributed by atoms with van der Waals surface area (Å²) in [5.74, 6) is -0.906. The highest BCUT2D eigenvalue weighted by molar-refractivity contribution is 6.63. The van der Waals surface area contributed by atoms with Gasteiger partial charge in [-0.3, -0.25) is 0 Å². The second-order valence-corrected chi connectivity index (χ2v) is 5.85. The minimum absolute atomic E-state index is 0.0157. The van der Waals surface area contributed by atoms with E-state index in [2.05, 4.69) is 0 Å². The molecule has 1 N–H and O–H groups in total. The SMILES string of the molecule is CC1(C)OB(c2c(O)cc(Cl)cc2F)OC1(C)C. The van der Waals surface area contributed by atoms with Crippen molar-refractivity contribution in [2.45, 2.75) is 38.9 Å². The monoisotopic (exact) mass is 272 g/mol. The van der Waals surface area contributed by atoms with Crippen LogP contribution in [0.3, 0.4) is 0 Å². The summed E-state index contributed by atoms with van der Waals surface area (Å²) in [5.41, 5.74) is -1.19. The fourth-order valence-electron chi connectivity index (χ4n) is 1.77. The Morgan fingerprint density at radius 1 is 1.17 bits per heavy atom. The lowest BCUT2D eigenvalue weighted by molar-refractivity contribution is 0.00578. The third-order valence-corrected chi connectivity index (χ3v) is 3.78. The summed E-state index contributed by atoms with van der Waals surface area (Å²) in [5, 5.41) is 9.92. The summed E-state index contributed by atoms with van der Waals surface area (Å²) >= 11 is 5.66. The van der Waals surface area contributed by atoms with Crippen LogP contribution in [0.1, 0.15) is 27.7 Å². The predicted octanol–water partition coefficient (Wildman–Crippen LogP) is 2.48. The van der Waals surface area contributed by atoms with Gasteiger partial charge in [-0.15, -0.1) is 0 Å². The maximum Gasteiger partial charge on any atom is 0.501 e. The topological polar surface area (TPSA) is 38.7 Å². The number of hydrogen-bond donors (Lipinski definition) is 1. The van der Waals surface area contributed by atoms with Crippen LogP contribution in [0.4, 0.5) is 4.39 Å². The summed E-state index contributed by atoms with van der Waals surface area (Å²) in [6.07, 6.45) is 0. The van der Waals surface area contributed by atoms with Crippen molar-refractivity contribution in [1.29, 1.82) is 0 Å². The van der Waals surface area contributed by atoms with E-state index in [9.17, 15) is 9.50 Å². The van der Waals surface area contributed by atoms with Gasteiger partial charge < -0.3 is 14.4 Å². The highest BCUT2D eigenvalue weighted by atomic mass is 35.5. The predicted molar refractivity (Wildman–Crippen MR) is 68.8 cm³/mol. The van der Waals surface area contributed by atoms with Gasteiger partial charge in [0.15, 0.2) is 0 Å². The van der Waals surface area contributed by atoms with Crippen molar-refractivity contribution < 1.29 is 18.8 Å². The first kappa shape index (κ1) is 13.7. The molecule has 2 rings (SSSR count). The summed E-state index contributed by atoms with van der Waals surface area (Å²) in [6, 6.07) is 2.40. The van der Waals surface area contributed by atoms with E-state index >= 15 is 0 Å². The van der Waals surface area contributed by atoms with Crippen molar-refractivity contribution in [3.05, 3.63) is 23.0 Å². The molecule has 6 heteroatoms. The standard InChI is InChI=1S/C12H15BClFO3/c1-11(2)12(3,4)18-13(17-11)10-8(15)5-7(14)6-9(10)16/h5-6,16H,1-4H3. The molecule has 0 aromatic heterocycles. The van der Waals surface area contributed by atoms with Crippen LogP contribution in [-0.4, -0.2) is 23.4 Å². The molecular weight excluding hydrogens is 257 g/mol. The molecule has 98 valence electrons. The number of benzene rings is 1. The number of phenols is 1. The second kappa shape index (κ2) is 4.12. The van der Waals surface area contributed by atoms with Crippen LogP contribution < -0.4 is 5.46 Å². The van der Waals surface area contributed by atoms with Crippen LogP contribution in [-0.2, 0) is 9.31 Å². The summed E-state index contributed by atoms with van der Waals surface area (Å²) in [7, 11) is -0.938. The molecule has 0 aliphatic carbocycles. The Morgan fingerprint density at radius 3 is 2.11 bits per heavy atom. The summed E-state index contributed by atoms with van der Waals surface area (Å²) in [6.45, 7) is 7.44. The van der Waals surface area contributed by atoms with Gasteiger partial charge in [0.2, 0.25) is 0 Å². The number of aromatic hydroxyl groups is 1. The van der Waals surface area contributed by atoms with Crippen LogP contribution in [0.25, 0.3) is 0 Å². The van der Waals surface area contributed by atoms with Gasteiger partial charge in [0, 0.05) is 5.02 Å². The highest BCUT2D eigenvalue weighted by Gasteiger charge is 2.53. The summed E-state index contributed by atoms with van der Waals surface area (Å²) < 4.78 is 25.2. The minimum Gasteiger partial charge on any atom is -0.508 e. The summed E-state index contributed by atoms with van der Waals surface area (Å²) in [4.78, 5) is 0. The lowest BCUT2D eigenvalue weighted by atomic mass is 9.78. The quantitative estimate of drug-likeness (QED) is 0.798. The first-order valence-electron chi connectivity index (χ1n) is 5.67. The zero-order valence-electron chi connectivity index (χ0n) is 10.8. The fraction of sp³-hybridized carbons (Fsp3) is 0.500. The normalized spacial score (nSPS) is 21.3. The van der Waals surface area contributed by atoms with Crippen molar-refractivity contribution in [3.8, 4) is 5.75 Å². The average molecular weight is 273 g/mol. The number of phenolic OH excluding ortho intramolecular Hbond substituents is 1. The fourth-order valence-corrected chi connectivity index (χ4v) is 1.96. The molecule has 1 heterocycles. The van der Waals surface area contributed by atoms with Gasteiger partial charge in [-0.05, 0) is 39.8 Å². The van der Waals surface area contributed by atoms with Gasteiger partial charge in [0.05, 0.1) is 16.7 Å². The molecular formula is C12H15BClFO3. The van der Waals surface area contributed by atoms with Gasteiger partial charge in [0.1, 0.15) is 11.6 Å². The van der Waals surface area contributed by atoms with E-state index in [1.165, 1.54) is 6.07 Å². The Kier molecular flexibility index (Phi) is 3.12. The number of hydrogen-bond acceptors (Lipinski definition) is 3. The van der Waals surface area contributed by atoms with E-state index in [1.54, 1.807) is 0 Å². The van der Waals surface area contributed by atoms with Gasteiger partial charge in [-0.2, -0.15) is 0 Å². The first-order chi connectivity index (χ1) is 8.14. The molecule has 1 saturated heterocycles. The Labute approximate surface area is 111 Å². The Morgan fingerprint density at radius 2 is 1.67 bits per heavy atom. The lowest BCUT2D eigenvalue weighted by Gasteiger charge is -2.32. The van der Waals surface area contributed by atoms with Crippen molar-refractivity contribution >= 4 is 24.2 Å². The Bertz CT molecular complexity index is 451. The van der Waals surface area contributed by atoms with Crippen molar-refractivity contribution in [3.63, 3.8) is 0 Å². The Balaban J connectivity index is 2.42. The smallest absolute Gasteiger partial charge is 0.501 e. The average Bonchev–Trinajstić information content (AvgIpc) is 2.32. The van der Waals surface area contributed by atoms with Crippen LogP contribution in [0.15, 0.2) is 12.1 Å². The van der Waals surface area contributed by atoms with Gasteiger partial charge in [-0.1, -0.05) is 11.6 Å². The van der Waals surface area contributed by atoms with Gasteiger partial charge in [0.25, 0.3) is 0 Å². The first-order valence-corrected chi connectivity index (χ1v) is 6.05. The highest BCUT2D eigenvalue weighted by Crippen LogP contribution is 2.37. The zero-order chi connectivity index (χ0) is 13.7. The van der Waals surface area contributed by atoms with E-state index in [0.717, 1.165) is 6.07 Å². The van der Waals surface area contributed by atoms with Crippen molar-refractivity contribution in [2.24, 2.45) is 0 Å². The Hall–Kier alpha value is -0.775. The molecule has 3 nitrogen and oxygen atoms in total. The van der Waals surface area contributed by atoms with Crippen LogP contribution in [0.2, 0.25) is 5.02 Å². The van der Waals surface area contributed by atoms with E-state index in [0.29, 0.717) is 0 Å². The third-order valence-electron chi connectivity index (χ3n) is 3.56. The molecule has 1 fully saturated rings. The van der Waals surface area contributed by atoms with Crippen molar-refractivity contribution in [1.82, 2.24) is 0 Å². The molecule has 0 unspecified atom stereocenters. The molecule has 1 aliphatic heterocycles. The lowest BCUT2D eigenvalue weighted by Crippen LogP contribution is -2.41. The number of halogens is 2. The molecule has 18 heavy (non-hydrogen) atoms. The second-order valence-electron chi connectivity index (χ2n) is 5.41. The van der Waals surface area contributed by atoms with E-state index in [4.69, 9.17) is 20.9 Å². The molecule has 1 aliphatic rings. The van der Waals surface area contributed by atoms with E-state index in [-0.39, 0.29) is 16.2 Å². The van der Waals surface area contributed by atoms with Gasteiger partial charge in [-0.25, -0.2) is 4.39 Å². The van der Waals surface area contributed by atoms with E-state index < -0.39 is 24.1 Å². The number of rotatable bonds is 1. The van der Waals surface area contributed by atoms with Crippen LogP contribution >= 0.6 is 11.6 Å². The molecule has 0 amide bonds. The molecule has 0 spiro atoms. The maximum absolute atomic E-state index is 13.9. The molecule has 0 radical (unpaired) electrons. The van der Waals surface area contributed by atoms with Crippen molar-refractivity contribution in [2.75, 3.05) is 0 Å². The van der Waals surface area contributed by atoms with Crippen LogP contribution in [0.5, 0.6) is 5.75 Å². The molecule has 0 atom stereocenters. The largest absolute Gasteiger partial charge is 0.508 e. The van der Waals surface area contributed by atoms with Crippen LogP contribution in [0, 0.1) is 5.82 Å².